The van der Waals surface area contributed by atoms with Gasteiger partial charge in [-0.15, -0.1) is 0 Å². The van der Waals surface area contributed by atoms with Gasteiger partial charge < -0.3 is 30.1 Å². The zero-order chi connectivity index (χ0) is 68.5. The van der Waals surface area contributed by atoms with Gasteiger partial charge in [0.25, 0.3) is 0 Å². The van der Waals surface area contributed by atoms with E-state index in [1.54, 1.807) is 20.6 Å². The summed E-state index contributed by atoms with van der Waals surface area (Å²) in [6.07, 6.45) is 23.2. The Morgan fingerprint density at radius 3 is 1.11 bits per heavy atom. The molecule has 14 rings (SSSR count). The van der Waals surface area contributed by atoms with E-state index in [0.717, 1.165) is 187 Å². The van der Waals surface area contributed by atoms with Crippen LogP contribution in [-0.2, 0) is 64.5 Å². The Morgan fingerprint density at radius 1 is 0.444 bits per heavy atom. The minimum atomic E-state index is 0.103. The predicted octanol–water partition coefficient (Wildman–Crippen LogP) is 13.6. The standard InChI is InChI=1S/C30H31BN3O3.C28H30N4O2.C23H25BN3O/c1-21-12-28(37-33-21)15-27(36)13-22-2-5-25(6-3-22)30-18-32-17-26-7-4-24(14-29(26)30)19-34-10-8-23(9-11-34)16-31-20-35;1-19-12-26(34-31-19)15-25(33)13-20-2-5-22(6-3-20)28-17-30-16-23-7-4-21(14-27(23)28)18-32-10-8-24(29)9-11-32;25-21-5-3-19(4-6-21)23-14-26-13-20-2-1-18(11-22(20)23)15-27-9-7-17(8-10-27)12-24-16-28/h2-7,12,14,17-18,20,23H,8-11,13,15-16,19H2,1H3;2-7,12,14,16-17,24H,8-11,13,15,18,29H2,1H3;1-6,11,13-14,16-17H,7-10,12,15,25H2. The van der Waals surface area contributed by atoms with Gasteiger partial charge in [0, 0.05) is 126 Å². The van der Waals surface area contributed by atoms with Gasteiger partial charge in [0.05, 0.1) is 36.6 Å². The summed E-state index contributed by atoms with van der Waals surface area (Å²) in [7, 11) is 3.51. The summed E-state index contributed by atoms with van der Waals surface area (Å²) < 4.78 is 10.3. The van der Waals surface area contributed by atoms with E-state index < -0.39 is 0 Å². The Hall–Kier alpha value is -9.58. The quantitative estimate of drug-likeness (QED) is 0.0345. The maximum atomic E-state index is 12.5. The van der Waals surface area contributed by atoms with Crippen LogP contribution in [0.3, 0.4) is 0 Å². The molecule has 0 unspecified atom stereocenters. The number of Topliss-reactive ketones (excluding diaryl/α,β-unsaturated/α-hetero) is 2. The summed E-state index contributed by atoms with van der Waals surface area (Å²) >= 11 is 0. The molecule has 11 aromatic rings. The number of ketones is 2. The number of nitrogens with zero attached hydrogens (tertiary/aromatic N) is 8. The van der Waals surface area contributed by atoms with Crippen LogP contribution in [0.25, 0.3) is 65.7 Å². The molecule has 3 aliphatic heterocycles. The van der Waals surface area contributed by atoms with Crippen LogP contribution in [0.5, 0.6) is 0 Å². The molecule has 0 saturated carbocycles. The SMILES string of the molecule is Cc1cc(CC(=O)Cc2ccc(-c3cncc4ccc(CN5CCC(C[B]C=O)CC5)cc34)cc2)on1.Cc1cc(CC(=O)Cc2ccc(-c3cncc4ccc(CN5CCC(N)CC5)cc34)cc2)on1.Nc1ccc(-c2cncc3ccc(CN4CCC(C[B]C=O)CC4)cc23)cc1. The Kier molecular flexibility index (Phi) is 23.7. The lowest BCUT2D eigenvalue weighted by molar-refractivity contribution is -0.118. The van der Waals surface area contributed by atoms with Crippen LogP contribution >= 0.6 is 0 Å². The second kappa shape index (κ2) is 33.8. The molecule has 0 aliphatic carbocycles. The van der Waals surface area contributed by atoms with Crippen LogP contribution in [0, 0.1) is 25.7 Å². The monoisotopic (exact) mass is 1320 g/mol. The van der Waals surface area contributed by atoms with Crippen molar-refractivity contribution in [2.45, 2.75) is 116 Å². The van der Waals surface area contributed by atoms with Gasteiger partial charge >= 0.3 is 0 Å². The van der Waals surface area contributed by atoms with Crippen LogP contribution in [-0.4, -0.2) is 124 Å². The molecule has 0 spiro atoms. The highest BCUT2D eigenvalue weighted by molar-refractivity contribution is 6.67. The first-order chi connectivity index (χ1) is 48.3. The largest absolute Gasteiger partial charge is 0.399 e. The van der Waals surface area contributed by atoms with E-state index in [-0.39, 0.29) is 24.4 Å². The Labute approximate surface area is 581 Å². The van der Waals surface area contributed by atoms with E-state index >= 15 is 0 Å². The van der Waals surface area contributed by atoms with E-state index in [1.807, 2.05) is 93.5 Å². The number of anilines is 1. The van der Waals surface area contributed by atoms with Crippen LogP contribution < -0.4 is 11.5 Å². The lowest BCUT2D eigenvalue weighted by Gasteiger charge is -2.31. The number of nitrogen functional groups attached to an aromatic ring is 1. The van der Waals surface area contributed by atoms with E-state index in [2.05, 4.69) is 131 Å². The number of nitrogens with two attached hydrogens (primary N) is 2. The molecule has 3 fully saturated rings. The fourth-order valence-electron chi connectivity index (χ4n) is 14.0. The molecule has 4 N–H and O–H groups in total. The van der Waals surface area contributed by atoms with Gasteiger partial charge in [-0.05, 0) is 194 Å². The number of carbonyl (C=O) groups is 4. The first-order valence-corrected chi connectivity index (χ1v) is 34.8. The smallest absolute Gasteiger partial charge is 0.197 e. The summed E-state index contributed by atoms with van der Waals surface area (Å²) in [6, 6.07) is 48.3. The Bertz CT molecular complexity index is 4520. The van der Waals surface area contributed by atoms with Crippen molar-refractivity contribution in [2.24, 2.45) is 17.6 Å². The molecular formula is C81H86B2N10O6. The van der Waals surface area contributed by atoms with Crippen molar-refractivity contribution >= 4 is 76.5 Å². The highest BCUT2D eigenvalue weighted by atomic mass is 16.5. The molecular weight excluding hydrogens is 1230 g/mol. The first-order valence-electron chi connectivity index (χ1n) is 34.8. The van der Waals surface area contributed by atoms with Crippen LogP contribution in [0.4, 0.5) is 5.69 Å². The molecule has 0 bridgehead atoms. The second-order valence-electron chi connectivity index (χ2n) is 27.2. The number of hydrogen-bond donors (Lipinski definition) is 2. The van der Waals surface area contributed by atoms with E-state index in [9.17, 15) is 19.2 Å². The third-order valence-corrected chi connectivity index (χ3v) is 19.5. The van der Waals surface area contributed by atoms with Crippen LogP contribution in [0.2, 0.25) is 12.6 Å². The molecule has 16 nitrogen and oxygen atoms in total. The summed E-state index contributed by atoms with van der Waals surface area (Å²) in [6.45, 7) is 13.0. The molecule has 3 saturated heterocycles. The topological polar surface area (TPSA) is 221 Å². The number of aromatic nitrogens is 5. The minimum Gasteiger partial charge on any atom is -0.399 e. The van der Waals surface area contributed by atoms with E-state index in [1.165, 1.54) is 45.7 Å². The molecule has 502 valence electrons. The number of fused-ring (bicyclic) bond motifs is 3. The second-order valence-corrected chi connectivity index (χ2v) is 27.2. The van der Waals surface area contributed by atoms with Gasteiger partial charge in [-0.25, -0.2) is 0 Å². The molecule has 6 aromatic carbocycles. The summed E-state index contributed by atoms with van der Waals surface area (Å²) in [4.78, 5) is 66.9. The van der Waals surface area contributed by atoms with E-state index in [0.29, 0.717) is 42.2 Å². The Balaban J connectivity index is 0.000000142. The number of hydrogen-bond acceptors (Lipinski definition) is 16. The van der Waals surface area contributed by atoms with Crippen molar-refractivity contribution in [3.05, 3.63) is 227 Å². The van der Waals surface area contributed by atoms with Gasteiger partial charge in [0.2, 0.25) is 0 Å². The van der Waals surface area contributed by atoms with Gasteiger partial charge in [-0.1, -0.05) is 120 Å². The molecule has 3 aliphatic rings. The molecule has 5 aromatic heterocycles. The van der Waals surface area contributed by atoms with Gasteiger partial charge in [-0.2, -0.15) is 0 Å². The fraction of sp³-hybridized carbons (Fsp3) is 0.321. The average molecular weight is 1320 g/mol. The van der Waals surface area contributed by atoms with Crippen molar-refractivity contribution in [3.8, 4) is 33.4 Å². The number of benzene rings is 6. The third kappa shape index (κ3) is 19.2. The van der Waals surface area contributed by atoms with E-state index in [4.69, 9.17) is 20.5 Å². The van der Waals surface area contributed by atoms with Crippen LogP contribution in [0.15, 0.2) is 186 Å². The number of piperidine rings is 3. The highest BCUT2D eigenvalue weighted by Crippen LogP contribution is 2.34. The molecule has 0 amide bonds. The minimum absolute atomic E-state index is 0.103. The average Bonchev–Trinajstić information content (AvgIpc) is 1.07. The lowest BCUT2D eigenvalue weighted by atomic mass is 9.69. The summed E-state index contributed by atoms with van der Waals surface area (Å²) in [5, 5.41) is 14.7. The van der Waals surface area contributed by atoms with Gasteiger partial charge in [0.15, 0.2) is 14.6 Å². The number of carbonyl (C=O) groups excluding carboxylic acids is 4. The normalized spacial score (nSPS) is 15.1. The van der Waals surface area contributed by atoms with Crippen molar-refractivity contribution in [2.75, 3.05) is 45.0 Å². The number of aryl methyl sites for hydroxylation is 2. The van der Waals surface area contributed by atoms with Crippen molar-refractivity contribution < 1.29 is 28.2 Å². The molecule has 0 atom stereocenters. The van der Waals surface area contributed by atoms with Crippen molar-refractivity contribution in [1.82, 2.24) is 40.0 Å². The zero-order valence-electron chi connectivity index (χ0n) is 56.8. The number of rotatable bonds is 23. The van der Waals surface area contributed by atoms with Crippen molar-refractivity contribution in [3.63, 3.8) is 0 Å². The van der Waals surface area contributed by atoms with Crippen LogP contribution in [0.1, 0.15) is 89.3 Å². The molecule has 99 heavy (non-hydrogen) atoms. The molecule has 18 heteroatoms. The Morgan fingerprint density at radius 2 is 0.778 bits per heavy atom. The number of pyridine rings is 3. The fourth-order valence-corrected chi connectivity index (χ4v) is 14.0. The lowest BCUT2D eigenvalue weighted by Crippen LogP contribution is -2.39. The number of likely N-dealkylation sites (tertiary alicyclic amines) is 3. The summed E-state index contributed by atoms with van der Waals surface area (Å²) in [5.74, 6) is 2.72. The summed E-state index contributed by atoms with van der Waals surface area (Å²) in [5.41, 5.74) is 26.8. The molecule has 2 radical (unpaired) electrons. The molecule has 8 heterocycles. The predicted molar refractivity (Wildman–Crippen MR) is 396 cm³/mol. The third-order valence-electron chi connectivity index (χ3n) is 19.5. The van der Waals surface area contributed by atoms with Gasteiger partial charge in [0.1, 0.15) is 23.1 Å². The maximum Gasteiger partial charge on any atom is 0.197 e. The van der Waals surface area contributed by atoms with Crippen molar-refractivity contribution in [1.29, 1.82) is 0 Å². The first kappa shape index (κ1) is 69.3. The maximum absolute atomic E-state index is 12.5. The highest BCUT2D eigenvalue weighted by Gasteiger charge is 2.23. The zero-order valence-corrected chi connectivity index (χ0v) is 56.8. The van der Waals surface area contributed by atoms with Gasteiger partial charge in [-0.3, -0.25) is 39.2 Å².